The molecule has 4 nitrogen and oxygen atoms in total. The Bertz CT molecular complexity index is 740. The first kappa shape index (κ1) is 17.0. The molecule has 1 aliphatic heterocycles. The molecule has 24 heavy (non-hydrogen) atoms. The number of hydrogen-bond donors (Lipinski definition) is 1. The molecular formula is C19H25FN2O2. The molecule has 3 rings (SSSR count). The van der Waals surface area contributed by atoms with Crippen molar-refractivity contribution in [1.29, 1.82) is 0 Å². The van der Waals surface area contributed by atoms with Gasteiger partial charge in [-0.25, -0.2) is 4.39 Å². The highest BCUT2D eigenvalue weighted by Gasteiger charge is 2.31. The zero-order valence-electron chi connectivity index (χ0n) is 14.6. The summed E-state index contributed by atoms with van der Waals surface area (Å²) in [4.78, 5) is 14.9. The number of nitrogens with one attached hydrogen (secondary N) is 1. The minimum atomic E-state index is -0.282. The maximum atomic E-state index is 13.4. The fourth-order valence-corrected chi connectivity index (χ4v) is 3.68. The molecule has 1 amide bonds. The van der Waals surface area contributed by atoms with Crippen molar-refractivity contribution >= 4 is 16.9 Å². The van der Waals surface area contributed by atoms with Crippen LogP contribution in [0.2, 0.25) is 0 Å². The van der Waals surface area contributed by atoms with E-state index in [0.717, 1.165) is 43.3 Å². The molecule has 1 saturated heterocycles. The van der Waals surface area contributed by atoms with Gasteiger partial charge in [-0.15, -0.1) is 0 Å². The van der Waals surface area contributed by atoms with Gasteiger partial charge in [-0.3, -0.25) is 9.69 Å². The number of benzene rings is 1. The second-order valence-corrected chi connectivity index (χ2v) is 6.66. The summed E-state index contributed by atoms with van der Waals surface area (Å²) in [5.74, 6) is 0.472. The molecule has 0 spiro atoms. The Morgan fingerprint density at radius 1 is 1.50 bits per heavy atom. The third kappa shape index (κ3) is 3.18. The summed E-state index contributed by atoms with van der Waals surface area (Å²) in [6, 6.07) is 4.22. The first-order chi connectivity index (χ1) is 11.5. The van der Waals surface area contributed by atoms with E-state index >= 15 is 0 Å². The summed E-state index contributed by atoms with van der Waals surface area (Å²) in [5, 5.41) is 3.84. The normalized spacial score (nSPS) is 19.8. The summed E-state index contributed by atoms with van der Waals surface area (Å²) in [6.45, 7) is 7.89. The second kappa shape index (κ2) is 6.93. The molecule has 1 aromatic carbocycles. The molecular weight excluding hydrogens is 307 g/mol. The molecule has 0 aliphatic carbocycles. The Labute approximate surface area is 142 Å². The summed E-state index contributed by atoms with van der Waals surface area (Å²) in [7, 11) is 0. The summed E-state index contributed by atoms with van der Waals surface area (Å²) < 4.78 is 19.3. The average molecular weight is 332 g/mol. The van der Waals surface area contributed by atoms with Gasteiger partial charge in [0.2, 0.25) is 5.91 Å². The van der Waals surface area contributed by atoms with Crippen LogP contribution in [0.15, 0.2) is 22.6 Å². The fourth-order valence-electron chi connectivity index (χ4n) is 3.68. The molecule has 1 aromatic heterocycles. The predicted molar refractivity (Wildman–Crippen MR) is 92.4 cm³/mol. The van der Waals surface area contributed by atoms with Crippen LogP contribution in [0.3, 0.4) is 0 Å². The Balaban J connectivity index is 1.76. The maximum Gasteiger partial charge on any atom is 0.237 e. The molecule has 5 heteroatoms. The monoisotopic (exact) mass is 332 g/mol. The van der Waals surface area contributed by atoms with Gasteiger partial charge >= 0.3 is 0 Å². The Morgan fingerprint density at radius 3 is 3.04 bits per heavy atom. The molecule has 2 atom stereocenters. The molecule has 1 fully saturated rings. The highest BCUT2D eigenvalue weighted by Crippen LogP contribution is 2.30. The van der Waals surface area contributed by atoms with Crippen LogP contribution in [-0.4, -0.2) is 29.9 Å². The fraction of sp³-hybridized carbons (Fsp3) is 0.526. The largest absolute Gasteiger partial charge is 0.459 e. The number of amides is 1. The van der Waals surface area contributed by atoms with Gasteiger partial charge in [0.05, 0.1) is 12.1 Å². The summed E-state index contributed by atoms with van der Waals surface area (Å²) >= 11 is 0. The Hall–Kier alpha value is -1.88. The van der Waals surface area contributed by atoms with Crippen LogP contribution in [0.5, 0.6) is 0 Å². The van der Waals surface area contributed by atoms with Crippen molar-refractivity contribution < 1.29 is 13.6 Å². The van der Waals surface area contributed by atoms with Gasteiger partial charge < -0.3 is 9.73 Å². The van der Waals surface area contributed by atoms with Gasteiger partial charge in [0.25, 0.3) is 0 Å². The van der Waals surface area contributed by atoms with Gasteiger partial charge in [0.1, 0.15) is 17.2 Å². The molecule has 0 radical (unpaired) electrons. The lowest BCUT2D eigenvalue weighted by atomic mass is 10.1. The lowest BCUT2D eigenvalue weighted by molar-refractivity contribution is -0.126. The minimum Gasteiger partial charge on any atom is -0.459 e. The topological polar surface area (TPSA) is 45.5 Å². The van der Waals surface area contributed by atoms with Crippen LogP contribution in [-0.2, 0) is 4.79 Å². The van der Waals surface area contributed by atoms with E-state index in [1.165, 1.54) is 12.1 Å². The maximum absolute atomic E-state index is 13.4. The predicted octanol–water partition coefficient (Wildman–Crippen LogP) is 3.93. The van der Waals surface area contributed by atoms with E-state index in [4.69, 9.17) is 4.42 Å². The van der Waals surface area contributed by atoms with Gasteiger partial charge in [-0.05, 0) is 64.4 Å². The lowest BCUT2D eigenvalue weighted by Crippen LogP contribution is -2.44. The van der Waals surface area contributed by atoms with Crippen LogP contribution in [0, 0.1) is 12.7 Å². The van der Waals surface area contributed by atoms with Gasteiger partial charge in [-0.2, -0.15) is 0 Å². The van der Waals surface area contributed by atoms with Gasteiger partial charge in [-0.1, -0.05) is 6.92 Å². The van der Waals surface area contributed by atoms with E-state index in [-0.39, 0.29) is 23.8 Å². The van der Waals surface area contributed by atoms with Crippen molar-refractivity contribution in [2.24, 2.45) is 0 Å². The smallest absolute Gasteiger partial charge is 0.237 e. The molecule has 0 saturated carbocycles. The van der Waals surface area contributed by atoms with E-state index in [0.29, 0.717) is 11.3 Å². The standard InChI is InChI=1S/C19H25FN2O2/c1-4-9-22-10-5-6-16(22)19(23)21-13(3)18-12(2)15-11-14(20)7-8-17(15)24-18/h7-8,11,13,16H,4-6,9-10H2,1-3H3,(H,21,23). The van der Waals surface area contributed by atoms with E-state index in [1.807, 2.05) is 13.8 Å². The zero-order valence-corrected chi connectivity index (χ0v) is 14.6. The zero-order chi connectivity index (χ0) is 17.3. The highest BCUT2D eigenvalue weighted by atomic mass is 19.1. The van der Waals surface area contributed by atoms with Gasteiger partial charge in [0, 0.05) is 10.9 Å². The average Bonchev–Trinajstić information content (AvgIpc) is 3.13. The van der Waals surface area contributed by atoms with E-state index < -0.39 is 0 Å². The highest BCUT2D eigenvalue weighted by molar-refractivity contribution is 5.84. The number of rotatable bonds is 5. The summed E-state index contributed by atoms with van der Waals surface area (Å²) in [6.07, 6.45) is 3.02. The quantitative estimate of drug-likeness (QED) is 0.902. The number of aryl methyl sites for hydroxylation is 1. The molecule has 1 N–H and O–H groups in total. The number of likely N-dealkylation sites (tertiary alicyclic amines) is 1. The summed E-state index contributed by atoms with van der Waals surface area (Å²) in [5.41, 5.74) is 1.53. The third-order valence-corrected chi connectivity index (χ3v) is 4.86. The SMILES string of the molecule is CCCN1CCCC1C(=O)NC(C)c1oc2ccc(F)cc2c1C. The van der Waals surface area contributed by atoms with Crippen LogP contribution < -0.4 is 5.32 Å². The van der Waals surface area contributed by atoms with Crippen molar-refractivity contribution in [3.05, 3.63) is 35.3 Å². The van der Waals surface area contributed by atoms with Crippen LogP contribution in [0.1, 0.15) is 50.5 Å². The number of fused-ring (bicyclic) bond motifs is 1. The third-order valence-electron chi connectivity index (χ3n) is 4.86. The molecule has 2 aromatic rings. The molecule has 2 unspecified atom stereocenters. The Kier molecular flexibility index (Phi) is 4.90. The van der Waals surface area contributed by atoms with Gasteiger partial charge in [0.15, 0.2) is 0 Å². The van der Waals surface area contributed by atoms with E-state index in [1.54, 1.807) is 6.07 Å². The van der Waals surface area contributed by atoms with E-state index in [9.17, 15) is 9.18 Å². The Morgan fingerprint density at radius 2 is 2.29 bits per heavy atom. The van der Waals surface area contributed by atoms with Crippen LogP contribution in [0.25, 0.3) is 11.0 Å². The van der Waals surface area contributed by atoms with Crippen LogP contribution >= 0.6 is 0 Å². The van der Waals surface area contributed by atoms with Crippen molar-refractivity contribution in [2.45, 2.75) is 52.1 Å². The van der Waals surface area contributed by atoms with Crippen molar-refractivity contribution in [2.75, 3.05) is 13.1 Å². The van der Waals surface area contributed by atoms with Crippen molar-refractivity contribution in [3.8, 4) is 0 Å². The number of carbonyl (C=O) groups is 1. The first-order valence-corrected chi connectivity index (χ1v) is 8.74. The molecule has 1 aliphatic rings. The van der Waals surface area contributed by atoms with Crippen molar-refractivity contribution in [3.63, 3.8) is 0 Å². The van der Waals surface area contributed by atoms with E-state index in [2.05, 4.69) is 17.1 Å². The molecule has 2 heterocycles. The second-order valence-electron chi connectivity index (χ2n) is 6.66. The number of nitrogens with zero attached hydrogens (tertiary/aromatic N) is 1. The number of furan rings is 1. The molecule has 130 valence electrons. The van der Waals surface area contributed by atoms with Crippen LogP contribution in [0.4, 0.5) is 4.39 Å². The van der Waals surface area contributed by atoms with Crippen molar-refractivity contribution in [1.82, 2.24) is 10.2 Å². The lowest BCUT2D eigenvalue weighted by Gasteiger charge is -2.24. The minimum absolute atomic E-state index is 0.0467. The number of halogens is 1. The number of hydrogen-bond acceptors (Lipinski definition) is 3. The first-order valence-electron chi connectivity index (χ1n) is 8.74. The number of carbonyl (C=O) groups excluding carboxylic acids is 1. The molecule has 0 bridgehead atoms.